The van der Waals surface area contributed by atoms with Gasteiger partial charge in [0.05, 0.1) is 12.7 Å². The van der Waals surface area contributed by atoms with E-state index in [1.807, 2.05) is 60.4 Å². The molecule has 1 aliphatic rings. The van der Waals surface area contributed by atoms with Gasteiger partial charge in [0.2, 0.25) is 0 Å². The summed E-state index contributed by atoms with van der Waals surface area (Å²) in [6.07, 6.45) is 0. The number of amides is 2. The largest absolute Gasteiger partial charge is 0.496 e. The normalized spacial score (nSPS) is 13.2. The summed E-state index contributed by atoms with van der Waals surface area (Å²) >= 11 is 5.30. The van der Waals surface area contributed by atoms with Gasteiger partial charge in [0.25, 0.3) is 11.8 Å². The zero-order chi connectivity index (χ0) is 24.8. The van der Waals surface area contributed by atoms with Gasteiger partial charge in [0, 0.05) is 43.1 Å². The predicted octanol–water partition coefficient (Wildman–Crippen LogP) is 4.09. The van der Waals surface area contributed by atoms with Crippen LogP contribution in [0.1, 0.15) is 26.3 Å². The second-order valence-electron chi connectivity index (χ2n) is 8.25. The Morgan fingerprint density at radius 3 is 2.14 bits per heavy atom. The highest BCUT2D eigenvalue weighted by molar-refractivity contribution is 7.80. The number of aryl methyl sites for hydroxylation is 1. The summed E-state index contributed by atoms with van der Waals surface area (Å²) in [4.78, 5) is 29.6. The number of anilines is 2. The van der Waals surface area contributed by atoms with Crippen molar-refractivity contribution in [3.05, 3.63) is 89.5 Å². The number of rotatable bonds is 5. The van der Waals surface area contributed by atoms with E-state index in [-0.39, 0.29) is 16.9 Å². The number of nitrogens with zero attached hydrogens (tertiary/aromatic N) is 2. The fraction of sp³-hybridized carbons (Fsp3) is 0.222. The first-order chi connectivity index (χ1) is 17.0. The fourth-order valence-electron chi connectivity index (χ4n) is 4.07. The first kappa shape index (κ1) is 24.2. The van der Waals surface area contributed by atoms with E-state index in [0.29, 0.717) is 24.4 Å². The summed E-state index contributed by atoms with van der Waals surface area (Å²) in [5.41, 5.74) is 4.02. The Balaban J connectivity index is 1.30. The van der Waals surface area contributed by atoms with Crippen molar-refractivity contribution in [2.45, 2.75) is 6.92 Å². The molecule has 2 N–H and O–H groups in total. The molecule has 0 atom stereocenters. The third kappa shape index (κ3) is 5.78. The Kier molecular flexibility index (Phi) is 7.62. The van der Waals surface area contributed by atoms with Gasteiger partial charge in [-0.05, 0) is 67.2 Å². The topological polar surface area (TPSA) is 73.9 Å². The lowest BCUT2D eigenvalue weighted by molar-refractivity contribution is 0.0746. The standard InChI is InChI=1S/C27H28N4O3S/c1-19-7-3-4-8-22(19)26(33)31-17-15-30(16-18-31)21-13-11-20(12-14-21)28-27(35)29-25(32)23-9-5-6-10-24(23)34-2/h3-14H,15-18H2,1-2H3,(H2,28,29,32,35). The van der Waals surface area contributed by atoms with Gasteiger partial charge in [-0.2, -0.15) is 0 Å². The van der Waals surface area contributed by atoms with Crippen molar-refractivity contribution in [1.29, 1.82) is 0 Å². The second-order valence-corrected chi connectivity index (χ2v) is 8.66. The molecule has 3 aromatic rings. The molecule has 3 aromatic carbocycles. The van der Waals surface area contributed by atoms with Gasteiger partial charge in [-0.1, -0.05) is 30.3 Å². The number of hydrogen-bond acceptors (Lipinski definition) is 5. The van der Waals surface area contributed by atoms with E-state index < -0.39 is 0 Å². The number of piperazine rings is 1. The number of ether oxygens (including phenoxy) is 1. The maximum Gasteiger partial charge on any atom is 0.261 e. The number of nitrogens with one attached hydrogen (secondary N) is 2. The summed E-state index contributed by atoms with van der Waals surface area (Å²) in [5.74, 6) is 0.235. The van der Waals surface area contributed by atoms with Crippen LogP contribution in [0.5, 0.6) is 5.75 Å². The van der Waals surface area contributed by atoms with Crippen molar-refractivity contribution >= 4 is 40.5 Å². The molecule has 1 heterocycles. The lowest BCUT2D eigenvalue weighted by atomic mass is 10.1. The molecule has 0 aromatic heterocycles. The minimum absolute atomic E-state index is 0.0889. The molecule has 0 unspecified atom stereocenters. The minimum atomic E-state index is -0.338. The zero-order valence-electron chi connectivity index (χ0n) is 19.8. The number of para-hydroxylation sites is 1. The third-order valence-electron chi connectivity index (χ3n) is 6.01. The SMILES string of the molecule is COc1ccccc1C(=O)NC(=S)Nc1ccc(N2CCN(C(=O)c3ccccc3C)CC2)cc1. The van der Waals surface area contributed by atoms with Crippen LogP contribution < -0.4 is 20.3 Å². The predicted molar refractivity (Wildman–Crippen MR) is 142 cm³/mol. The van der Waals surface area contributed by atoms with Crippen LogP contribution in [0.15, 0.2) is 72.8 Å². The highest BCUT2D eigenvalue weighted by atomic mass is 32.1. The molecule has 35 heavy (non-hydrogen) atoms. The molecule has 0 saturated carbocycles. The summed E-state index contributed by atoms with van der Waals surface area (Å²) in [6.45, 7) is 4.84. The summed E-state index contributed by atoms with van der Waals surface area (Å²) < 4.78 is 5.23. The summed E-state index contributed by atoms with van der Waals surface area (Å²) in [5, 5.41) is 5.93. The van der Waals surface area contributed by atoms with E-state index in [0.717, 1.165) is 35.6 Å². The van der Waals surface area contributed by atoms with Crippen LogP contribution >= 0.6 is 12.2 Å². The average molecular weight is 489 g/mol. The Morgan fingerprint density at radius 1 is 0.857 bits per heavy atom. The average Bonchev–Trinajstić information content (AvgIpc) is 2.89. The highest BCUT2D eigenvalue weighted by Crippen LogP contribution is 2.21. The van der Waals surface area contributed by atoms with Crippen LogP contribution in [-0.4, -0.2) is 55.1 Å². The first-order valence-corrected chi connectivity index (χ1v) is 11.8. The molecule has 4 rings (SSSR count). The Hall–Kier alpha value is -3.91. The van der Waals surface area contributed by atoms with Gasteiger partial charge in [-0.25, -0.2) is 0 Å². The lowest BCUT2D eigenvalue weighted by Gasteiger charge is -2.36. The molecule has 1 saturated heterocycles. The number of carbonyl (C=O) groups is 2. The van der Waals surface area contributed by atoms with Crippen LogP contribution in [0.2, 0.25) is 0 Å². The van der Waals surface area contributed by atoms with Crippen LogP contribution in [0, 0.1) is 6.92 Å². The molecular formula is C27H28N4O3S. The second kappa shape index (κ2) is 11.0. The molecule has 7 nitrogen and oxygen atoms in total. The zero-order valence-corrected chi connectivity index (χ0v) is 20.6. The van der Waals surface area contributed by atoms with Crippen LogP contribution in [0.3, 0.4) is 0 Å². The molecule has 180 valence electrons. The molecule has 2 amide bonds. The number of methoxy groups -OCH3 is 1. The first-order valence-electron chi connectivity index (χ1n) is 11.4. The van der Waals surface area contributed by atoms with Crippen molar-refractivity contribution in [3.8, 4) is 5.75 Å². The molecule has 1 aliphatic heterocycles. The molecule has 0 radical (unpaired) electrons. The summed E-state index contributed by atoms with van der Waals surface area (Å²) in [7, 11) is 1.52. The van der Waals surface area contributed by atoms with Gasteiger partial charge >= 0.3 is 0 Å². The smallest absolute Gasteiger partial charge is 0.261 e. The number of thiocarbonyl (C=S) groups is 1. The van der Waals surface area contributed by atoms with Crippen LogP contribution in [0.4, 0.5) is 11.4 Å². The van der Waals surface area contributed by atoms with E-state index in [1.54, 1.807) is 24.3 Å². The van der Waals surface area contributed by atoms with Gasteiger partial charge < -0.3 is 19.9 Å². The number of carbonyl (C=O) groups excluding carboxylic acids is 2. The maximum atomic E-state index is 12.9. The van der Waals surface area contributed by atoms with Crippen molar-refractivity contribution in [2.24, 2.45) is 0 Å². The molecule has 0 bridgehead atoms. The number of benzene rings is 3. The quantitative estimate of drug-likeness (QED) is 0.527. The van der Waals surface area contributed by atoms with Crippen molar-refractivity contribution in [1.82, 2.24) is 10.2 Å². The van der Waals surface area contributed by atoms with Crippen LogP contribution in [-0.2, 0) is 0 Å². The molecule has 1 fully saturated rings. The van der Waals surface area contributed by atoms with Gasteiger partial charge in [-0.3, -0.25) is 14.9 Å². The Bertz CT molecular complexity index is 1220. The monoisotopic (exact) mass is 488 g/mol. The fourth-order valence-corrected chi connectivity index (χ4v) is 4.28. The Morgan fingerprint density at radius 2 is 1.49 bits per heavy atom. The molecule has 0 spiro atoms. The van der Waals surface area contributed by atoms with E-state index in [1.165, 1.54) is 7.11 Å². The highest BCUT2D eigenvalue weighted by Gasteiger charge is 2.23. The van der Waals surface area contributed by atoms with Gasteiger partial charge in [0.15, 0.2) is 5.11 Å². The van der Waals surface area contributed by atoms with E-state index in [2.05, 4.69) is 15.5 Å². The summed E-state index contributed by atoms with van der Waals surface area (Å²) in [6, 6.07) is 22.5. The van der Waals surface area contributed by atoms with Crippen molar-refractivity contribution in [3.63, 3.8) is 0 Å². The molecule has 8 heteroatoms. The Labute approximate surface area is 210 Å². The van der Waals surface area contributed by atoms with E-state index in [4.69, 9.17) is 17.0 Å². The lowest BCUT2D eigenvalue weighted by Crippen LogP contribution is -2.48. The van der Waals surface area contributed by atoms with Crippen LogP contribution in [0.25, 0.3) is 0 Å². The minimum Gasteiger partial charge on any atom is -0.496 e. The molecular weight excluding hydrogens is 460 g/mol. The van der Waals surface area contributed by atoms with Gasteiger partial charge in [0.1, 0.15) is 5.75 Å². The number of hydrogen-bond donors (Lipinski definition) is 2. The molecule has 0 aliphatic carbocycles. The van der Waals surface area contributed by atoms with E-state index >= 15 is 0 Å². The van der Waals surface area contributed by atoms with Gasteiger partial charge in [-0.15, -0.1) is 0 Å². The maximum absolute atomic E-state index is 12.9. The van der Waals surface area contributed by atoms with Crippen molar-refractivity contribution < 1.29 is 14.3 Å². The van der Waals surface area contributed by atoms with E-state index in [9.17, 15) is 9.59 Å². The van der Waals surface area contributed by atoms with Crippen molar-refractivity contribution in [2.75, 3.05) is 43.5 Å². The third-order valence-corrected chi connectivity index (χ3v) is 6.22.